The number of sulfonamides is 1. The number of carbonyl (C=O) groups is 2. The topological polar surface area (TPSA) is 86.8 Å². The van der Waals surface area contributed by atoms with Gasteiger partial charge in [0.25, 0.3) is 0 Å². The predicted molar refractivity (Wildman–Crippen MR) is 110 cm³/mol. The number of carbonyl (C=O) groups excluding carboxylic acids is 2. The van der Waals surface area contributed by atoms with E-state index in [0.29, 0.717) is 44.6 Å². The summed E-state index contributed by atoms with van der Waals surface area (Å²) in [4.78, 5) is 26.0. The van der Waals surface area contributed by atoms with Gasteiger partial charge >= 0.3 is 0 Å². The van der Waals surface area contributed by atoms with Gasteiger partial charge < -0.3 is 10.2 Å². The quantitative estimate of drug-likeness (QED) is 0.714. The second-order valence-corrected chi connectivity index (χ2v) is 9.32. The number of rotatable bonds is 8. The molecule has 7 nitrogen and oxygen atoms in total. The Bertz CT molecular complexity index is 794. The summed E-state index contributed by atoms with van der Waals surface area (Å²) in [5.41, 5.74) is 1.60. The highest BCUT2D eigenvalue weighted by atomic mass is 32.2. The highest BCUT2D eigenvalue weighted by Gasteiger charge is 2.31. The monoisotopic (exact) mass is 409 g/mol. The molecule has 156 valence electrons. The van der Waals surface area contributed by atoms with Crippen LogP contribution in [0.5, 0.6) is 0 Å². The van der Waals surface area contributed by atoms with Crippen molar-refractivity contribution in [1.82, 2.24) is 9.21 Å². The van der Waals surface area contributed by atoms with Gasteiger partial charge in [0, 0.05) is 38.8 Å². The van der Waals surface area contributed by atoms with Gasteiger partial charge in [0.2, 0.25) is 21.8 Å². The fourth-order valence-corrected chi connectivity index (χ4v) is 5.04. The molecule has 8 heteroatoms. The molecule has 1 atom stereocenters. The minimum Gasteiger partial charge on any atom is -0.339 e. The smallest absolute Gasteiger partial charge is 0.228 e. The van der Waals surface area contributed by atoms with Crippen molar-refractivity contribution >= 4 is 27.5 Å². The first-order valence-corrected chi connectivity index (χ1v) is 11.5. The molecule has 1 aliphatic rings. The number of piperidine rings is 1. The summed E-state index contributed by atoms with van der Waals surface area (Å²) < 4.78 is 26.1. The fraction of sp³-hybridized carbons (Fsp3) is 0.600. The Hall–Kier alpha value is -1.93. The summed E-state index contributed by atoms with van der Waals surface area (Å²) in [5.74, 6) is -0.388. The third kappa shape index (κ3) is 6.04. The Morgan fingerprint density at radius 2 is 2.04 bits per heavy atom. The van der Waals surface area contributed by atoms with E-state index in [-0.39, 0.29) is 30.0 Å². The zero-order valence-electron chi connectivity index (χ0n) is 17.0. The van der Waals surface area contributed by atoms with Gasteiger partial charge in [0.1, 0.15) is 0 Å². The lowest BCUT2D eigenvalue weighted by Gasteiger charge is -2.31. The van der Waals surface area contributed by atoms with Crippen molar-refractivity contribution in [1.29, 1.82) is 0 Å². The predicted octanol–water partition coefficient (Wildman–Crippen LogP) is 2.45. The number of amides is 2. The zero-order valence-corrected chi connectivity index (χ0v) is 17.8. The van der Waals surface area contributed by atoms with Gasteiger partial charge in [0.05, 0.1) is 11.7 Å². The van der Waals surface area contributed by atoms with Crippen LogP contribution in [0.25, 0.3) is 0 Å². The molecule has 0 saturated carbocycles. The van der Waals surface area contributed by atoms with Crippen molar-refractivity contribution in [2.75, 3.05) is 30.7 Å². The van der Waals surface area contributed by atoms with Crippen molar-refractivity contribution in [3.8, 4) is 0 Å². The van der Waals surface area contributed by atoms with Gasteiger partial charge in [-0.1, -0.05) is 19.1 Å². The Balaban J connectivity index is 2.02. The van der Waals surface area contributed by atoms with Crippen molar-refractivity contribution in [3.63, 3.8) is 0 Å². The van der Waals surface area contributed by atoms with Gasteiger partial charge in [-0.2, -0.15) is 0 Å². The van der Waals surface area contributed by atoms with Gasteiger partial charge in [-0.3, -0.25) is 9.59 Å². The van der Waals surface area contributed by atoms with E-state index < -0.39 is 10.0 Å². The van der Waals surface area contributed by atoms with Crippen LogP contribution in [-0.2, 0) is 26.2 Å². The average Bonchev–Trinajstić information content (AvgIpc) is 2.66. The summed E-state index contributed by atoms with van der Waals surface area (Å²) >= 11 is 0. The minimum absolute atomic E-state index is 0.00697. The number of benzene rings is 1. The molecule has 1 heterocycles. The lowest BCUT2D eigenvalue weighted by molar-refractivity contribution is -0.129. The Morgan fingerprint density at radius 1 is 1.29 bits per heavy atom. The van der Waals surface area contributed by atoms with Gasteiger partial charge in [-0.25, -0.2) is 12.7 Å². The molecule has 0 aromatic heterocycles. The van der Waals surface area contributed by atoms with E-state index in [0.717, 1.165) is 5.56 Å². The summed E-state index contributed by atoms with van der Waals surface area (Å²) in [6, 6.07) is 7.43. The summed E-state index contributed by atoms with van der Waals surface area (Å²) in [6.07, 6.45) is 1.93. The second kappa shape index (κ2) is 10.0. The summed E-state index contributed by atoms with van der Waals surface area (Å²) in [5, 5.41) is 2.91. The van der Waals surface area contributed by atoms with E-state index in [1.54, 1.807) is 11.0 Å². The maximum atomic E-state index is 12.7. The zero-order chi connectivity index (χ0) is 20.7. The highest BCUT2D eigenvalue weighted by Crippen LogP contribution is 2.22. The molecule has 0 spiro atoms. The van der Waals surface area contributed by atoms with E-state index in [4.69, 9.17) is 0 Å². The standard InChI is InChI=1S/C20H31N3O4S/c1-4-12-28(26,27)23-11-7-9-18(15-23)20(25)21-19-10-6-8-17(13-19)14-22(5-2)16(3)24/h6,8,10,13,18H,4-5,7,9,11-12,14-15H2,1-3H3,(H,21,25). The number of nitrogens with zero attached hydrogens (tertiary/aromatic N) is 2. The maximum Gasteiger partial charge on any atom is 0.228 e. The van der Waals surface area contributed by atoms with Crippen LogP contribution in [0, 0.1) is 5.92 Å². The molecule has 1 N–H and O–H groups in total. The highest BCUT2D eigenvalue weighted by molar-refractivity contribution is 7.89. The first kappa shape index (κ1) is 22.4. The maximum absolute atomic E-state index is 12.7. The number of hydrogen-bond donors (Lipinski definition) is 1. The lowest BCUT2D eigenvalue weighted by atomic mass is 9.98. The van der Waals surface area contributed by atoms with Crippen molar-refractivity contribution < 1.29 is 18.0 Å². The minimum atomic E-state index is -3.29. The van der Waals surface area contributed by atoms with Gasteiger partial charge in [0.15, 0.2) is 0 Å². The lowest BCUT2D eigenvalue weighted by Crippen LogP contribution is -2.44. The van der Waals surface area contributed by atoms with Crippen LogP contribution in [0.1, 0.15) is 45.6 Å². The van der Waals surface area contributed by atoms with Crippen LogP contribution in [0.3, 0.4) is 0 Å². The molecule has 1 aromatic carbocycles. The molecule has 1 aromatic rings. The number of anilines is 1. The summed E-state index contributed by atoms with van der Waals surface area (Å²) in [7, 11) is -3.29. The van der Waals surface area contributed by atoms with Gasteiger partial charge in [-0.05, 0) is 43.9 Å². The Labute approximate surface area is 168 Å². The van der Waals surface area contributed by atoms with Crippen molar-refractivity contribution in [2.45, 2.75) is 46.6 Å². The van der Waals surface area contributed by atoms with E-state index >= 15 is 0 Å². The molecule has 1 aliphatic heterocycles. The van der Waals surface area contributed by atoms with Crippen molar-refractivity contribution in [3.05, 3.63) is 29.8 Å². The molecule has 2 amide bonds. The first-order chi connectivity index (χ1) is 13.3. The van der Waals surface area contributed by atoms with Crippen LogP contribution < -0.4 is 5.32 Å². The fourth-order valence-electron chi connectivity index (χ4n) is 3.45. The Morgan fingerprint density at radius 3 is 2.68 bits per heavy atom. The third-order valence-corrected chi connectivity index (χ3v) is 7.05. The number of nitrogens with one attached hydrogen (secondary N) is 1. The van der Waals surface area contributed by atoms with E-state index in [1.165, 1.54) is 11.2 Å². The molecule has 0 aliphatic carbocycles. The second-order valence-electron chi connectivity index (χ2n) is 7.24. The van der Waals surface area contributed by atoms with Crippen LogP contribution in [0.2, 0.25) is 0 Å². The van der Waals surface area contributed by atoms with Crippen LogP contribution in [-0.4, -0.2) is 54.8 Å². The van der Waals surface area contributed by atoms with Crippen LogP contribution in [0.4, 0.5) is 5.69 Å². The largest absolute Gasteiger partial charge is 0.339 e. The third-order valence-electron chi connectivity index (χ3n) is 5.01. The average molecular weight is 410 g/mol. The van der Waals surface area contributed by atoms with E-state index in [2.05, 4.69) is 5.32 Å². The van der Waals surface area contributed by atoms with Crippen molar-refractivity contribution in [2.24, 2.45) is 5.92 Å². The molecule has 0 radical (unpaired) electrons. The van der Waals surface area contributed by atoms with E-state index in [9.17, 15) is 18.0 Å². The summed E-state index contributed by atoms with van der Waals surface area (Å²) in [6.45, 7) is 7.13. The van der Waals surface area contributed by atoms with Crippen LogP contribution >= 0.6 is 0 Å². The molecular weight excluding hydrogens is 378 g/mol. The van der Waals surface area contributed by atoms with Gasteiger partial charge in [-0.15, -0.1) is 0 Å². The molecule has 1 unspecified atom stereocenters. The van der Waals surface area contributed by atoms with E-state index in [1.807, 2.05) is 32.0 Å². The molecular formula is C20H31N3O4S. The first-order valence-electron chi connectivity index (χ1n) is 9.90. The molecule has 0 bridgehead atoms. The SMILES string of the molecule is CCCS(=O)(=O)N1CCCC(C(=O)Nc2cccc(CN(CC)C(C)=O)c2)C1. The molecule has 1 saturated heterocycles. The molecule has 1 fully saturated rings. The Kier molecular flexibility index (Phi) is 8.00. The number of hydrogen-bond acceptors (Lipinski definition) is 4. The molecule has 2 rings (SSSR count). The normalized spacial score (nSPS) is 17.9. The molecule has 28 heavy (non-hydrogen) atoms. The van der Waals surface area contributed by atoms with Crippen LogP contribution in [0.15, 0.2) is 24.3 Å².